The standard InChI is InChI=1S/C25H25FN2OS/c1-25(2,3)20-13-15-28(16-14-20)22(23(29)19-9-11-21(26)12-10-19)24(30)27-17-18-7-5-4-6-8-18/h4-16H,17H2,1-3H3,(H-,27,29,30)/p+1. The molecule has 3 aromatic rings. The third kappa shape index (κ3) is 5.30. The van der Waals surface area contributed by atoms with Crippen LogP contribution in [0.15, 0.2) is 79.1 Å². The summed E-state index contributed by atoms with van der Waals surface area (Å²) in [4.78, 5) is 0.397. The first-order valence-corrected chi connectivity index (χ1v) is 10.2. The normalized spacial score (nSPS) is 12.3. The number of nitrogens with zero attached hydrogens (tertiary/aromatic N) is 1. The van der Waals surface area contributed by atoms with Crippen LogP contribution in [0.1, 0.15) is 37.5 Å². The first-order chi connectivity index (χ1) is 14.3. The third-order valence-electron chi connectivity index (χ3n) is 4.81. The number of thiocarbonyl (C=S) groups is 1. The Hall–Kier alpha value is -3.05. The highest BCUT2D eigenvalue weighted by atomic mass is 32.1. The number of pyridine rings is 1. The van der Waals surface area contributed by atoms with E-state index in [-0.39, 0.29) is 17.0 Å². The van der Waals surface area contributed by atoms with Crippen LogP contribution in [0.5, 0.6) is 0 Å². The van der Waals surface area contributed by atoms with Gasteiger partial charge < -0.3 is 10.4 Å². The number of hydrogen-bond donors (Lipinski definition) is 2. The lowest BCUT2D eigenvalue weighted by Gasteiger charge is -2.18. The highest BCUT2D eigenvalue weighted by Crippen LogP contribution is 2.22. The molecule has 0 aliphatic heterocycles. The van der Waals surface area contributed by atoms with E-state index in [2.05, 4.69) is 26.1 Å². The molecule has 3 nitrogen and oxygen atoms in total. The molecule has 0 fully saturated rings. The Morgan fingerprint density at radius 3 is 2.13 bits per heavy atom. The first-order valence-electron chi connectivity index (χ1n) is 9.79. The topological polar surface area (TPSA) is 36.1 Å². The second kappa shape index (κ2) is 9.18. The minimum absolute atomic E-state index is 0.00797. The molecule has 0 saturated heterocycles. The molecule has 1 aromatic heterocycles. The summed E-state index contributed by atoms with van der Waals surface area (Å²) in [6, 6.07) is 19.6. The highest BCUT2D eigenvalue weighted by molar-refractivity contribution is 7.81. The van der Waals surface area contributed by atoms with Crippen LogP contribution < -0.4 is 9.88 Å². The molecule has 0 spiro atoms. The van der Waals surface area contributed by atoms with Gasteiger partial charge in [0.1, 0.15) is 5.82 Å². The van der Waals surface area contributed by atoms with E-state index >= 15 is 0 Å². The molecule has 0 aliphatic carbocycles. The molecule has 0 radical (unpaired) electrons. The Labute approximate surface area is 182 Å². The molecule has 0 aliphatic rings. The molecule has 2 N–H and O–H groups in total. The Morgan fingerprint density at radius 2 is 1.57 bits per heavy atom. The van der Waals surface area contributed by atoms with Crippen molar-refractivity contribution in [2.75, 3.05) is 0 Å². The van der Waals surface area contributed by atoms with E-state index in [0.29, 0.717) is 22.8 Å². The maximum absolute atomic E-state index is 13.4. The van der Waals surface area contributed by atoms with Gasteiger partial charge in [0.25, 0.3) is 5.70 Å². The van der Waals surface area contributed by atoms with Crippen molar-refractivity contribution in [2.45, 2.75) is 32.7 Å². The van der Waals surface area contributed by atoms with Gasteiger partial charge in [-0.05, 0) is 40.8 Å². The van der Waals surface area contributed by atoms with Gasteiger partial charge in [-0.25, -0.2) is 4.39 Å². The minimum Gasteiger partial charge on any atom is -0.502 e. The zero-order chi connectivity index (χ0) is 21.7. The average Bonchev–Trinajstić information content (AvgIpc) is 2.73. The zero-order valence-electron chi connectivity index (χ0n) is 17.4. The third-order valence-corrected chi connectivity index (χ3v) is 5.14. The molecule has 1 heterocycles. The van der Waals surface area contributed by atoms with Gasteiger partial charge in [0, 0.05) is 24.2 Å². The summed E-state index contributed by atoms with van der Waals surface area (Å²) in [7, 11) is 0. The monoisotopic (exact) mass is 421 g/mol. The fourth-order valence-electron chi connectivity index (χ4n) is 3.03. The van der Waals surface area contributed by atoms with Crippen molar-refractivity contribution in [2.24, 2.45) is 0 Å². The first kappa shape index (κ1) is 21.7. The van der Waals surface area contributed by atoms with Crippen LogP contribution in [0.3, 0.4) is 0 Å². The van der Waals surface area contributed by atoms with Crippen LogP contribution in [0, 0.1) is 5.82 Å². The molecule has 0 atom stereocenters. The largest absolute Gasteiger partial charge is 0.502 e. The van der Waals surface area contributed by atoms with E-state index in [1.54, 1.807) is 4.57 Å². The molecular weight excluding hydrogens is 395 g/mol. The number of halogens is 1. The quantitative estimate of drug-likeness (QED) is 0.250. The lowest BCUT2D eigenvalue weighted by Crippen LogP contribution is -2.41. The molecule has 2 aromatic carbocycles. The lowest BCUT2D eigenvalue weighted by molar-refractivity contribution is -0.576. The summed E-state index contributed by atoms with van der Waals surface area (Å²) in [5.74, 6) is -0.380. The SMILES string of the molecule is CC(C)(C)c1cc[n+](/C(C(=S)NCc2ccccc2)=C(\O)c2ccc(F)cc2)cc1. The molecule has 0 saturated carbocycles. The van der Waals surface area contributed by atoms with E-state index in [0.717, 1.165) is 5.56 Å². The van der Waals surface area contributed by atoms with E-state index in [9.17, 15) is 9.50 Å². The number of rotatable bonds is 5. The molecule has 30 heavy (non-hydrogen) atoms. The van der Waals surface area contributed by atoms with Crippen molar-refractivity contribution in [3.8, 4) is 0 Å². The molecule has 5 heteroatoms. The van der Waals surface area contributed by atoms with Crippen LogP contribution in [0.25, 0.3) is 11.5 Å². The Kier molecular flexibility index (Phi) is 6.63. The molecule has 154 valence electrons. The summed E-state index contributed by atoms with van der Waals surface area (Å²) in [5.41, 5.74) is 3.18. The van der Waals surface area contributed by atoms with E-state index in [4.69, 9.17) is 12.2 Å². The van der Waals surface area contributed by atoms with Crippen LogP contribution >= 0.6 is 12.2 Å². The molecular formula is C25H26FN2OS+. The van der Waals surface area contributed by atoms with Gasteiger partial charge in [0.2, 0.25) is 0 Å². The van der Waals surface area contributed by atoms with E-state index < -0.39 is 0 Å². The van der Waals surface area contributed by atoms with Crippen LogP contribution in [0.4, 0.5) is 4.39 Å². The van der Waals surface area contributed by atoms with Crippen molar-refractivity contribution >= 4 is 28.7 Å². The number of nitrogens with one attached hydrogen (secondary N) is 1. The summed E-state index contributed by atoms with van der Waals surface area (Å²) in [5, 5.41) is 14.3. The molecule has 0 amide bonds. The summed E-state index contributed by atoms with van der Waals surface area (Å²) in [6.45, 7) is 6.96. The second-order valence-corrected chi connectivity index (χ2v) is 8.52. The fourth-order valence-corrected chi connectivity index (χ4v) is 3.30. The van der Waals surface area contributed by atoms with Crippen LogP contribution in [-0.4, -0.2) is 10.1 Å². The Morgan fingerprint density at radius 1 is 0.967 bits per heavy atom. The number of hydrogen-bond acceptors (Lipinski definition) is 2. The highest BCUT2D eigenvalue weighted by Gasteiger charge is 2.25. The second-order valence-electron chi connectivity index (χ2n) is 8.12. The summed E-state index contributed by atoms with van der Waals surface area (Å²) >= 11 is 5.64. The van der Waals surface area contributed by atoms with Crippen molar-refractivity contribution in [3.63, 3.8) is 0 Å². The van der Waals surface area contributed by atoms with Gasteiger partial charge in [-0.3, -0.25) is 0 Å². The number of aliphatic hydroxyl groups excluding tert-OH is 1. The predicted molar refractivity (Wildman–Crippen MR) is 123 cm³/mol. The van der Waals surface area contributed by atoms with Gasteiger partial charge in [0.15, 0.2) is 23.1 Å². The number of aromatic nitrogens is 1. The fraction of sp³-hybridized carbons (Fsp3) is 0.200. The lowest BCUT2D eigenvalue weighted by atomic mass is 9.88. The van der Waals surface area contributed by atoms with Crippen LogP contribution in [-0.2, 0) is 12.0 Å². The van der Waals surface area contributed by atoms with Gasteiger partial charge in [-0.1, -0.05) is 63.3 Å². The molecule has 0 unspecified atom stereocenters. The number of aliphatic hydroxyl groups is 1. The average molecular weight is 422 g/mol. The number of benzene rings is 2. The van der Waals surface area contributed by atoms with Gasteiger partial charge in [-0.15, -0.1) is 0 Å². The minimum atomic E-state index is -0.361. The van der Waals surface area contributed by atoms with Gasteiger partial charge in [0.05, 0.1) is 0 Å². The Bertz CT molecular complexity index is 1040. The van der Waals surface area contributed by atoms with Crippen LogP contribution in [0.2, 0.25) is 0 Å². The maximum Gasteiger partial charge on any atom is 0.287 e. The van der Waals surface area contributed by atoms with Gasteiger partial charge in [-0.2, -0.15) is 4.57 Å². The molecule has 0 bridgehead atoms. The van der Waals surface area contributed by atoms with Gasteiger partial charge >= 0.3 is 0 Å². The predicted octanol–water partition coefficient (Wildman–Crippen LogP) is 5.41. The summed E-state index contributed by atoms with van der Waals surface area (Å²) < 4.78 is 15.1. The van der Waals surface area contributed by atoms with Crippen molar-refractivity contribution < 1.29 is 14.1 Å². The van der Waals surface area contributed by atoms with Crippen molar-refractivity contribution in [1.29, 1.82) is 0 Å². The zero-order valence-corrected chi connectivity index (χ0v) is 18.2. The summed E-state index contributed by atoms with van der Waals surface area (Å²) in [6.07, 6.45) is 3.76. The smallest absolute Gasteiger partial charge is 0.287 e. The van der Waals surface area contributed by atoms with E-state index in [1.165, 1.54) is 29.8 Å². The van der Waals surface area contributed by atoms with Crippen molar-refractivity contribution in [1.82, 2.24) is 5.32 Å². The van der Waals surface area contributed by atoms with E-state index in [1.807, 2.05) is 54.9 Å². The maximum atomic E-state index is 13.4. The Balaban J connectivity index is 1.98. The molecule has 3 rings (SSSR count). The van der Waals surface area contributed by atoms with Crippen molar-refractivity contribution in [3.05, 3.63) is 102 Å².